The number of halogens is 1. The van der Waals surface area contributed by atoms with Crippen molar-refractivity contribution in [2.75, 3.05) is 23.4 Å². The number of ether oxygens (including phenoxy) is 2. The summed E-state index contributed by atoms with van der Waals surface area (Å²) in [5.74, 6) is -0.530. The molecule has 2 aliphatic heterocycles. The van der Waals surface area contributed by atoms with Crippen molar-refractivity contribution in [2.45, 2.75) is 29.5 Å². The Kier molecular flexibility index (Phi) is 8.08. The highest BCUT2D eigenvalue weighted by Crippen LogP contribution is 2.68. The van der Waals surface area contributed by atoms with E-state index in [1.54, 1.807) is 11.8 Å². The van der Waals surface area contributed by atoms with Crippen LogP contribution < -0.4 is 24.6 Å². The molecule has 7 atom stereocenters. The Morgan fingerprint density at radius 3 is 2.49 bits per heavy atom. The van der Waals surface area contributed by atoms with E-state index in [9.17, 15) is 19.2 Å². The summed E-state index contributed by atoms with van der Waals surface area (Å²) in [7, 11) is 0. The van der Waals surface area contributed by atoms with E-state index in [1.807, 2.05) is 91.9 Å². The van der Waals surface area contributed by atoms with Crippen molar-refractivity contribution < 1.29 is 23.9 Å². The third-order valence-electron chi connectivity index (χ3n) is 10.9. The first-order valence-electron chi connectivity index (χ1n) is 17.0. The van der Waals surface area contributed by atoms with Crippen molar-refractivity contribution in [3.63, 3.8) is 0 Å². The average molecular weight is 783 g/mol. The molecule has 51 heavy (non-hydrogen) atoms. The van der Waals surface area contributed by atoms with E-state index < -0.39 is 5.92 Å². The molecule has 2 N–H and O–H groups in total. The molecule has 1 saturated heterocycles. The molecule has 2 aliphatic carbocycles. The average Bonchev–Trinajstić information content (AvgIpc) is 3.87. The monoisotopic (exact) mass is 781 g/mol. The van der Waals surface area contributed by atoms with Crippen LogP contribution in [0.1, 0.15) is 29.7 Å². The first-order valence-corrected chi connectivity index (χ1v) is 19.5. The highest BCUT2D eigenvalue weighted by Gasteiger charge is 2.69. The highest BCUT2D eigenvalue weighted by molar-refractivity contribution is 9.10. The summed E-state index contributed by atoms with van der Waals surface area (Å²) in [6.45, 7) is 2.06. The molecular formula is C39H32BrN3O6S2. The number of hydrogen-bond donors (Lipinski definition) is 2. The van der Waals surface area contributed by atoms with Gasteiger partial charge in [0.15, 0.2) is 18.1 Å². The van der Waals surface area contributed by atoms with Crippen LogP contribution in [0.2, 0.25) is 0 Å². The number of anilines is 2. The molecule has 3 fully saturated rings. The second-order valence-electron chi connectivity index (χ2n) is 13.5. The van der Waals surface area contributed by atoms with E-state index in [4.69, 9.17) is 9.47 Å². The lowest BCUT2D eigenvalue weighted by Gasteiger charge is -2.43. The number of thiazole rings is 1. The van der Waals surface area contributed by atoms with Crippen LogP contribution in [0.25, 0.3) is 10.8 Å². The molecule has 9 rings (SSSR count). The van der Waals surface area contributed by atoms with Crippen LogP contribution in [0.15, 0.2) is 99.2 Å². The molecule has 3 amide bonds. The normalized spacial score (nSPS) is 25.8. The Balaban J connectivity index is 1.01. The second kappa shape index (κ2) is 12.7. The van der Waals surface area contributed by atoms with Crippen LogP contribution in [0.3, 0.4) is 0 Å². The minimum Gasteiger partial charge on any atom is -0.490 e. The molecule has 4 aromatic carbocycles. The van der Waals surface area contributed by atoms with E-state index in [0.717, 1.165) is 37.1 Å². The molecule has 12 heteroatoms. The SMILES string of the molecule is CCOc1cc([C@@H]2c3sc(=O)[nH]c3S[C@@H]3[C@@H]4C[C@@H]([C@@H]5C(=O)N(c6ccc(Br)cc6)C(=O)[C@@H]45)[C@H]23)ccc1OCC(=O)Nc1cccc2ccccc12. The lowest BCUT2D eigenvalue weighted by molar-refractivity contribution is -0.123. The molecule has 4 aliphatic rings. The van der Waals surface area contributed by atoms with Gasteiger partial charge in [-0.2, -0.15) is 0 Å². The third-order valence-corrected chi connectivity index (χ3v) is 14.0. The Morgan fingerprint density at radius 1 is 0.922 bits per heavy atom. The van der Waals surface area contributed by atoms with E-state index >= 15 is 0 Å². The number of aromatic amines is 1. The smallest absolute Gasteiger partial charge is 0.305 e. The molecule has 0 unspecified atom stereocenters. The number of imide groups is 1. The van der Waals surface area contributed by atoms with Crippen molar-refractivity contribution in [3.8, 4) is 11.5 Å². The molecular weight excluding hydrogens is 750 g/mol. The zero-order chi connectivity index (χ0) is 35.0. The van der Waals surface area contributed by atoms with Gasteiger partial charge in [-0.05, 0) is 84.5 Å². The molecule has 2 saturated carbocycles. The van der Waals surface area contributed by atoms with Crippen molar-refractivity contribution in [3.05, 3.63) is 110 Å². The third kappa shape index (κ3) is 5.33. The zero-order valence-corrected chi connectivity index (χ0v) is 30.6. The molecule has 3 heterocycles. The quantitative estimate of drug-likeness (QED) is 0.157. The fraction of sp³-hybridized carbons (Fsp3) is 0.282. The van der Waals surface area contributed by atoms with Gasteiger partial charge in [-0.25, -0.2) is 0 Å². The standard InChI is InChI=1S/C39H32BrN3O6S2/c1-2-48-28-16-20(10-15-27(28)49-18-29(44)41-26-9-5-7-19-6-3-4-8-23(19)26)30-31-24-17-25(34(31)50-36-35(30)51-39(47)42-36)33-32(24)37(45)43(38(33)46)22-13-11-21(40)12-14-22/h3-16,24-25,30-34H,2,17-18H2,1H3,(H,41,44)(H,42,47)/t24-,25-,30+,31-,32+,33+,34-/m1/s1. The first kappa shape index (κ1) is 32.5. The minimum absolute atomic E-state index is 0.0140. The summed E-state index contributed by atoms with van der Waals surface area (Å²) in [6, 6.07) is 26.7. The Hall–Kier alpha value is -4.39. The van der Waals surface area contributed by atoms with Crippen LogP contribution in [0.5, 0.6) is 11.5 Å². The largest absolute Gasteiger partial charge is 0.490 e. The Morgan fingerprint density at radius 2 is 1.69 bits per heavy atom. The maximum atomic E-state index is 14.1. The number of nitrogens with zero attached hydrogens (tertiary/aromatic N) is 1. The van der Waals surface area contributed by atoms with Gasteiger partial charge in [0.25, 0.3) is 5.91 Å². The number of carbonyl (C=O) groups excluding carboxylic acids is 3. The number of thioether (sulfide) groups is 1. The van der Waals surface area contributed by atoms with Crippen LogP contribution in [-0.4, -0.2) is 41.2 Å². The van der Waals surface area contributed by atoms with Gasteiger partial charge in [-0.15, -0.1) is 11.8 Å². The molecule has 2 bridgehead atoms. The predicted octanol–water partition coefficient (Wildman–Crippen LogP) is 7.45. The number of amides is 3. The molecule has 0 radical (unpaired) electrons. The van der Waals surface area contributed by atoms with Crippen molar-refractivity contribution in [1.29, 1.82) is 0 Å². The first-order chi connectivity index (χ1) is 24.8. The summed E-state index contributed by atoms with van der Waals surface area (Å²) < 4.78 is 13.0. The van der Waals surface area contributed by atoms with Gasteiger partial charge in [0.2, 0.25) is 11.8 Å². The molecule has 9 nitrogen and oxygen atoms in total. The second-order valence-corrected chi connectivity index (χ2v) is 16.6. The van der Waals surface area contributed by atoms with E-state index in [-0.39, 0.29) is 64.0 Å². The van der Waals surface area contributed by atoms with Gasteiger partial charge in [0.05, 0.1) is 29.2 Å². The summed E-state index contributed by atoms with van der Waals surface area (Å²) >= 11 is 6.32. The number of aromatic nitrogens is 1. The Bertz CT molecular complexity index is 2280. The van der Waals surface area contributed by atoms with Gasteiger partial charge in [-0.3, -0.25) is 24.1 Å². The zero-order valence-electron chi connectivity index (χ0n) is 27.3. The summed E-state index contributed by atoms with van der Waals surface area (Å²) in [5, 5.41) is 5.84. The number of hydrogen-bond acceptors (Lipinski definition) is 8. The minimum atomic E-state index is -0.401. The van der Waals surface area contributed by atoms with E-state index in [1.165, 1.54) is 16.2 Å². The topological polar surface area (TPSA) is 118 Å². The van der Waals surface area contributed by atoms with Crippen LogP contribution >= 0.6 is 39.0 Å². The van der Waals surface area contributed by atoms with Crippen LogP contribution in [-0.2, 0) is 14.4 Å². The van der Waals surface area contributed by atoms with Crippen molar-refractivity contribution in [2.24, 2.45) is 29.6 Å². The maximum Gasteiger partial charge on any atom is 0.305 e. The molecule has 5 aromatic rings. The number of fused-ring (bicyclic) bond motifs is 10. The maximum absolute atomic E-state index is 14.1. The van der Waals surface area contributed by atoms with Gasteiger partial charge < -0.3 is 19.8 Å². The van der Waals surface area contributed by atoms with Crippen molar-refractivity contribution in [1.82, 2.24) is 4.98 Å². The van der Waals surface area contributed by atoms with Gasteiger partial charge in [-0.1, -0.05) is 69.7 Å². The van der Waals surface area contributed by atoms with Crippen LogP contribution in [0, 0.1) is 29.6 Å². The molecule has 1 aromatic heterocycles. The summed E-state index contributed by atoms with van der Waals surface area (Å²) in [5.41, 5.74) is 2.26. The lowest BCUT2D eigenvalue weighted by atomic mass is 9.68. The number of H-pyrrole nitrogens is 1. The predicted molar refractivity (Wildman–Crippen MR) is 201 cm³/mol. The van der Waals surface area contributed by atoms with Crippen molar-refractivity contribution >= 4 is 78.9 Å². The highest BCUT2D eigenvalue weighted by atomic mass is 79.9. The van der Waals surface area contributed by atoms with Gasteiger partial charge in [0, 0.05) is 31.6 Å². The summed E-state index contributed by atoms with van der Waals surface area (Å²) in [6.07, 6.45) is 0.796. The number of nitrogens with one attached hydrogen (secondary N) is 2. The van der Waals surface area contributed by atoms with E-state index in [2.05, 4.69) is 26.2 Å². The van der Waals surface area contributed by atoms with Gasteiger partial charge in [0.1, 0.15) is 0 Å². The van der Waals surface area contributed by atoms with Gasteiger partial charge >= 0.3 is 4.87 Å². The number of benzene rings is 4. The number of rotatable bonds is 8. The molecule has 258 valence electrons. The fourth-order valence-electron chi connectivity index (χ4n) is 9.00. The van der Waals surface area contributed by atoms with E-state index in [0.29, 0.717) is 29.5 Å². The van der Waals surface area contributed by atoms with Crippen LogP contribution in [0.4, 0.5) is 11.4 Å². The Labute approximate surface area is 309 Å². The fourth-order valence-corrected chi connectivity index (χ4v) is 12.2. The number of carbonyl (C=O) groups is 3. The lowest BCUT2D eigenvalue weighted by Crippen LogP contribution is -2.42. The summed E-state index contributed by atoms with van der Waals surface area (Å²) in [4.78, 5) is 59.1. The molecule has 0 spiro atoms.